The van der Waals surface area contributed by atoms with Crippen molar-refractivity contribution in [2.75, 3.05) is 19.8 Å². The standard InChI is InChI=1S/C13H16O3/c1-2-16-12-5-3-4-10(8-12)13(14)11-6-7-15-9-11/h3-5,8,11H,2,6-7,9H2,1H3. The Morgan fingerprint density at radius 3 is 3.12 bits per heavy atom. The van der Waals surface area contributed by atoms with Gasteiger partial charge in [-0.2, -0.15) is 0 Å². The molecule has 0 N–H and O–H groups in total. The van der Waals surface area contributed by atoms with Gasteiger partial charge in [0.05, 0.1) is 13.2 Å². The number of benzene rings is 1. The maximum atomic E-state index is 12.1. The molecule has 0 aliphatic carbocycles. The molecule has 0 amide bonds. The molecule has 2 rings (SSSR count). The van der Waals surface area contributed by atoms with Crippen LogP contribution in [0.25, 0.3) is 0 Å². The smallest absolute Gasteiger partial charge is 0.168 e. The van der Waals surface area contributed by atoms with Crippen molar-refractivity contribution < 1.29 is 14.3 Å². The van der Waals surface area contributed by atoms with Crippen molar-refractivity contribution in [1.29, 1.82) is 0 Å². The van der Waals surface area contributed by atoms with Crippen molar-refractivity contribution in [3.63, 3.8) is 0 Å². The zero-order valence-corrected chi connectivity index (χ0v) is 9.44. The molecule has 1 unspecified atom stereocenters. The zero-order chi connectivity index (χ0) is 11.4. The first-order valence-corrected chi connectivity index (χ1v) is 5.66. The van der Waals surface area contributed by atoms with Gasteiger partial charge in [-0.25, -0.2) is 0 Å². The number of carbonyl (C=O) groups excluding carboxylic acids is 1. The molecule has 1 fully saturated rings. The zero-order valence-electron chi connectivity index (χ0n) is 9.44. The molecule has 1 heterocycles. The Bertz CT molecular complexity index is 367. The van der Waals surface area contributed by atoms with Crippen molar-refractivity contribution in [2.24, 2.45) is 5.92 Å². The minimum Gasteiger partial charge on any atom is -0.494 e. The van der Waals surface area contributed by atoms with Crippen molar-refractivity contribution in [2.45, 2.75) is 13.3 Å². The third-order valence-electron chi connectivity index (χ3n) is 2.73. The van der Waals surface area contributed by atoms with Gasteiger partial charge in [-0.15, -0.1) is 0 Å². The third kappa shape index (κ3) is 2.42. The van der Waals surface area contributed by atoms with Crippen LogP contribution in [0.2, 0.25) is 0 Å². The second-order valence-electron chi connectivity index (χ2n) is 3.89. The average molecular weight is 220 g/mol. The van der Waals surface area contributed by atoms with Gasteiger partial charge in [-0.05, 0) is 25.5 Å². The van der Waals surface area contributed by atoms with Crippen LogP contribution >= 0.6 is 0 Å². The summed E-state index contributed by atoms with van der Waals surface area (Å²) in [6.45, 7) is 3.79. The summed E-state index contributed by atoms with van der Waals surface area (Å²) in [5, 5.41) is 0. The molecule has 0 bridgehead atoms. The van der Waals surface area contributed by atoms with E-state index in [1.165, 1.54) is 0 Å². The highest BCUT2D eigenvalue weighted by molar-refractivity contribution is 5.98. The monoisotopic (exact) mass is 220 g/mol. The van der Waals surface area contributed by atoms with E-state index in [1.54, 1.807) is 0 Å². The van der Waals surface area contributed by atoms with E-state index < -0.39 is 0 Å². The second kappa shape index (κ2) is 5.12. The van der Waals surface area contributed by atoms with Gasteiger partial charge in [-0.1, -0.05) is 12.1 Å². The number of ketones is 1. The van der Waals surface area contributed by atoms with Crippen molar-refractivity contribution in [3.8, 4) is 5.75 Å². The van der Waals surface area contributed by atoms with E-state index >= 15 is 0 Å². The fourth-order valence-corrected chi connectivity index (χ4v) is 1.88. The van der Waals surface area contributed by atoms with Crippen molar-refractivity contribution in [3.05, 3.63) is 29.8 Å². The Kier molecular flexibility index (Phi) is 3.57. The van der Waals surface area contributed by atoms with E-state index in [4.69, 9.17) is 9.47 Å². The van der Waals surface area contributed by atoms with Crippen molar-refractivity contribution >= 4 is 5.78 Å². The number of rotatable bonds is 4. The van der Waals surface area contributed by atoms with Crippen LogP contribution in [0.3, 0.4) is 0 Å². The number of carbonyl (C=O) groups is 1. The van der Waals surface area contributed by atoms with E-state index in [0.29, 0.717) is 19.8 Å². The molecule has 1 atom stereocenters. The maximum Gasteiger partial charge on any atom is 0.168 e. The van der Waals surface area contributed by atoms with E-state index in [0.717, 1.165) is 17.7 Å². The summed E-state index contributed by atoms with van der Waals surface area (Å²) in [5.41, 5.74) is 0.724. The van der Waals surface area contributed by atoms with Gasteiger partial charge in [0.25, 0.3) is 0 Å². The predicted molar refractivity (Wildman–Crippen MR) is 60.9 cm³/mol. The van der Waals surface area contributed by atoms with Crippen LogP contribution < -0.4 is 4.74 Å². The minimum absolute atomic E-state index is 0.0249. The first kappa shape index (κ1) is 11.1. The summed E-state index contributed by atoms with van der Waals surface area (Å²) in [4.78, 5) is 12.1. The summed E-state index contributed by atoms with van der Waals surface area (Å²) in [5.74, 6) is 0.947. The highest BCUT2D eigenvalue weighted by Gasteiger charge is 2.24. The van der Waals surface area contributed by atoms with Gasteiger partial charge in [0.1, 0.15) is 5.75 Å². The number of hydrogen-bond acceptors (Lipinski definition) is 3. The molecule has 0 radical (unpaired) electrons. The second-order valence-corrected chi connectivity index (χ2v) is 3.89. The summed E-state index contributed by atoms with van der Waals surface area (Å²) in [6.07, 6.45) is 0.831. The van der Waals surface area contributed by atoms with Crippen LogP contribution in [-0.4, -0.2) is 25.6 Å². The van der Waals surface area contributed by atoms with Crippen LogP contribution in [0.4, 0.5) is 0 Å². The lowest BCUT2D eigenvalue weighted by molar-refractivity contribution is 0.0900. The van der Waals surface area contributed by atoms with E-state index in [1.807, 2.05) is 31.2 Å². The lowest BCUT2D eigenvalue weighted by Crippen LogP contribution is -2.14. The SMILES string of the molecule is CCOc1cccc(C(=O)C2CCOC2)c1. The first-order valence-electron chi connectivity index (χ1n) is 5.66. The topological polar surface area (TPSA) is 35.5 Å². The predicted octanol–water partition coefficient (Wildman–Crippen LogP) is 2.30. The lowest BCUT2D eigenvalue weighted by atomic mass is 9.97. The Hall–Kier alpha value is -1.35. The highest BCUT2D eigenvalue weighted by Crippen LogP contribution is 2.21. The summed E-state index contributed by atoms with van der Waals surface area (Å²) in [7, 11) is 0. The average Bonchev–Trinajstić information content (AvgIpc) is 2.82. The molecule has 3 nitrogen and oxygen atoms in total. The van der Waals surface area contributed by atoms with Crippen LogP contribution in [0, 0.1) is 5.92 Å². The van der Waals surface area contributed by atoms with Gasteiger partial charge >= 0.3 is 0 Å². The quantitative estimate of drug-likeness (QED) is 0.730. The number of hydrogen-bond donors (Lipinski definition) is 0. The molecule has 1 aromatic carbocycles. The lowest BCUT2D eigenvalue weighted by Gasteiger charge is -2.08. The third-order valence-corrected chi connectivity index (χ3v) is 2.73. The molecule has 1 saturated heterocycles. The molecule has 1 aliphatic heterocycles. The molecule has 1 aromatic rings. The molecule has 3 heteroatoms. The Balaban J connectivity index is 2.12. The molecule has 0 spiro atoms. The number of ether oxygens (including phenoxy) is 2. The van der Waals surface area contributed by atoms with Gasteiger partial charge in [0.15, 0.2) is 5.78 Å². The fraction of sp³-hybridized carbons (Fsp3) is 0.462. The largest absolute Gasteiger partial charge is 0.494 e. The van der Waals surface area contributed by atoms with E-state index in [9.17, 15) is 4.79 Å². The molecule has 86 valence electrons. The van der Waals surface area contributed by atoms with E-state index in [2.05, 4.69) is 0 Å². The summed E-state index contributed by atoms with van der Waals surface area (Å²) in [6, 6.07) is 7.37. The Labute approximate surface area is 95.4 Å². The van der Waals surface area contributed by atoms with E-state index in [-0.39, 0.29) is 11.7 Å². The highest BCUT2D eigenvalue weighted by atomic mass is 16.5. The fourth-order valence-electron chi connectivity index (χ4n) is 1.88. The van der Waals surface area contributed by atoms with Crippen molar-refractivity contribution in [1.82, 2.24) is 0 Å². The normalized spacial score (nSPS) is 19.7. The summed E-state index contributed by atoms with van der Waals surface area (Å²) < 4.78 is 10.6. The van der Waals surface area contributed by atoms with Gasteiger partial charge in [-0.3, -0.25) is 4.79 Å². The van der Waals surface area contributed by atoms with Crippen LogP contribution in [0.15, 0.2) is 24.3 Å². The molecular formula is C13H16O3. The van der Waals surface area contributed by atoms with Crippen LogP contribution in [-0.2, 0) is 4.74 Å². The number of Topliss-reactive ketones (excluding diaryl/α,β-unsaturated/α-hetero) is 1. The Morgan fingerprint density at radius 1 is 1.56 bits per heavy atom. The van der Waals surface area contributed by atoms with Crippen LogP contribution in [0.1, 0.15) is 23.7 Å². The molecule has 16 heavy (non-hydrogen) atoms. The first-order chi connectivity index (χ1) is 7.81. The minimum atomic E-state index is 0.0249. The van der Waals surface area contributed by atoms with Gasteiger partial charge < -0.3 is 9.47 Å². The molecular weight excluding hydrogens is 204 g/mol. The summed E-state index contributed by atoms with van der Waals surface area (Å²) >= 11 is 0. The molecule has 0 aromatic heterocycles. The van der Waals surface area contributed by atoms with Gasteiger partial charge in [0, 0.05) is 18.1 Å². The molecule has 0 saturated carbocycles. The maximum absolute atomic E-state index is 12.1. The molecule has 1 aliphatic rings. The van der Waals surface area contributed by atoms with Gasteiger partial charge in [0.2, 0.25) is 0 Å². The van der Waals surface area contributed by atoms with Crippen LogP contribution in [0.5, 0.6) is 5.75 Å². The Morgan fingerprint density at radius 2 is 2.44 bits per heavy atom.